The third-order valence-corrected chi connectivity index (χ3v) is 2.26. The van der Waals surface area contributed by atoms with E-state index in [1.807, 2.05) is 6.92 Å². The van der Waals surface area contributed by atoms with E-state index < -0.39 is 11.5 Å². The van der Waals surface area contributed by atoms with Gasteiger partial charge in [0.25, 0.3) is 11.5 Å². The van der Waals surface area contributed by atoms with E-state index in [1.54, 1.807) is 6.92 Å². The fourth-order valence-corrected chi connectivity index (χ4v) is 1.42. The van der Waals surface area contributed by atoms with Gasteiger partial charge in [0, 0.05) is 12.6 Å². The van der Waals surface area contributed by atoms with Gasteiger partial charge >= 0.3 is 0 Å². The molecule has 1 heterocycles. The lowest BCUT2D eigenvalue weighted by molar-refractivity contribution is 0.0951. The summed E-state index contributed by atoms with van der Waals surface area (Å²) in [4.78, 5) is 25.3. The predicted octanol–water partition coefficient (Wildman–Crippen LogP) is 0.919. The Balaban J connectivity index is 2.87. The summed E-state index contributed by atoms with van der Waals surface area (Å²) in [5.74, 6) is -0.625. The number of H-pyrrole nitrogens is 1. The van der Waals surface area contributed by atoms with E-state index in [0.29, 0.717) is 12.1 Å². The minimum atomic E-state index is -0.563. The lowest BCUT2D eigenvalue weighted by Gasteiger charge is -2.06. The first-order chi connectivity index (χ1) is 7.56. The molecule has 16 heavy (non-hydrogen) atoms. The molecule has 0 saturated carbocycles. The van der Waals surface area contributed by atoms with Crippen LogP contribution in [0.4, 0.5) is 0 Å². The summed E-state index contributed by atoms with van der Waals surface area (Å²) in [5, 5.41) is 11.8. The fourth-order valence-electron chi connectivity index (χ4n) is 1.42. The van der Waals surface area contributed by atoms with E-state index in [0.717, 1.165) is 12.8 Å². The van der Waals surface area contributed by atoms with Crippen molar-refractivity contribution >= 4 is 5.91 Å². The molecule has 0 saturated heterocycles. The van der Waals surface area contributed by atoms with Crippen LogP contribution in [0.2, 0.25) is 0 Å². The first kappa shape index (κ1) is 12.3. The van der Waals surface area contributed by atoms with Crippen LogP contribution in [0, 0.1) is 6.92 Å². The van der Waals surface area contributed by atoms with Crippen molar-refractivity contribution in [2.45, 2.75) is 26.7 Å². The van der Waals surface area contributed by atoms with E-state index in [4.69, 9.17) is 5.11 Å². The molecule has 0 atom stereocenters. The number of hydrogen-bond acceptors (Lipinski definition) is 3. The molecule has 0 aliphatic heterocycles. The lowest BCUT2D eigenvalue weighted by atomic mass is 10.1. The molecule has 5 heteroatoms. The van der Waals surface area contributed by atoms with Crippen molar-refractivity contribution in [3.63, 3.8) is 0 Å². The zero-order valence-electron chi connectivity index (χ0n) is 9.46. The van der Waals surface area contributed by atoms with Gasteiger partial charge in [0.15, 0.2) is 5.88 Å². The maximum Gasteiger partial charge on any atom is 0.263 e. The van der Waals surface area contributed by atoms with Crippen LogP contribution >= 0.6 is 0 Å². The van der Waals surface area contributed by atoms with Gasteiger partial charge in [0.2, 0.25) is 0 Å². The average Bonchev–Trinajstić information content (AvgIpc) is 2.16. The van der Waals surface area contributed by atoms with Crippen molar-refractivity contribution in [3.8, 4) is 5.88 Å². The van der Waals surface area contributed by atoms with Crippen LogP contribution in [0.5, 0.6) is 5.88 Å². The van der Waals surface area contributed by atoms with Crippen molar-refractivity contribution in [3.05, 3.63) is 27.5 Å². The highest BCUT2D eigenvalue weighted by Gasteiger charge is 2.13. The van der Waals surface area contributed by atoms with Crippen LogP contribution in [-0.4, -0.2) is 22.5 Å². The molecule has 0 radical (unpaired) electrons. The van der Waals surface area contributed by atoms with E-state index in [2.05, 4.69) is 10.3 Å². The molecule has 0 aromatic carbocycles. The normalized spacial score (nSPS) is 10.1. The molecule has 5 nitrogen and oxygen atoms in total. The lowest BCUT2D eigenvalue weighted by Crippen LogP contribution is -2.31. The molecule has 88 valence electrons. The number of aromatic hydroxyl groups is 1. The van der Waals surface area contributed by atoms with Gasteiger partial charge in [-0.3, -0.25) is 14.6 Å². The van der Waals surface area contributed by atoms with Crippen LogP contribution in [-0.2, 0) is 0 Å². The third kappa shape index (κ3) is 2.85. The van der Waals surface area contributed by atoms with Gasteiger partial charge in [-0.05, 0) is 18.9 Å². The Hall–Kier alpha value is -1.78. The number of rotatable bonds is 4. The molecule has 0 aliphatic carbocycles. The van der Waals surface area contributed by atoms with Gasteiger partial charge in [-0.25, -0.2) is 0 Å². The van der Waals surface area contributed by atoms with Gasteiger partial charge in [0.05, 0.1) is 0 Å². The van der Waals surface area contributed by atoms with Crippen LogP contribution in [0.3, 0.4) is 0 Å². The summed E-state index contributed by atoms with van der Waals surface area (Å²) in [6.07, 6.45) is 1.85. The minimum Gasteiger partial charge on any atom is -0.495 e. The second-order valence-electron chi connectivity index (χ2n) is 3.65. The van der Waals surface area contributed by atoms with Gasteiger partial charge in [-0.15, -0.1) is 0 Å². The average molecular weight is 224 g/mol. The molecule has 1 rings (SSSR count). The second-order valence-corrected chi connectivity index (χ2v) is 3.65. The third-order valence-electron chi connectivity index (χ3n) is 2.26. The predicted molar refractivity (Wildman–Crippen MR) is 60.7 cm³/mol. The number of carbonyl (C=O) groups is 1. The molecule has 0 aliphatic rings. The quantitative estimate of drug-likeness (QED) is 0.665. The number of nitrogens with one attached hydrogen (secondary N) is 2. The van der Waals surface area contributed by atoms with Gasteiger partial charge in [-0.2, -0.15) is 0 Å². The first-order valence-corrected chi connectivity index (χ1v) is 5.27. The number of aromatic amines is 1. The zero-order valence-corrected chi connectivity index (χ0v) is 9.46. The highest BCUT2D eigenvalue weighted by Crippen LogP contribution is 2.07. The number of amides is 1. The maximum absolute atomic E-state index is 11.7. The monoisotopic (exact) mass is 224 g/mol. The summed E-state index contributed by atoms with van der Waals surface area (Å²) < 4.78 is 0. The molecule has 0 fully saturated rings. The minimum absolute atomic E-state index is 0.0638. The Morgan fingerprint density at radius 2 is 2.25 bits per heavy atom. The summed E-state index contributed by atoms with van der Waals surface area (Å²) in [6, 6.07) is 1.36. The Bertz CT molecular complexity index is 437. The smallest absolute Gasteiger partial charge is 0.263 e. The van der Waals surface area contributed by atoms with Crippen molar-refractivity contribution in [2.24, 2.45) is 0 Å². The summed E-state index contributed by atoms with van der Waals surface area (Å²) >= 11 is 0. The summed E-state index contributed by atoms with van der Waals surface area (Å²) in [6.45, 7) is 4.18. The summed E-state index contributed by atoms with van der Waals surface area (Å²) in [5.41, 5.74) is -0.0318. The van der Waals surface area contributed by atoms with E-state index in [-0.39, 0.29) is 11.4 Å². The van der Waals surface area contributed by atoms with Crippen LogP contribution in [0.25, 0.3) is 0 Å². The molecule has 0 unspecified atom stereocenters. The van der Waals surface area contributed by atoms with Gasteiger partial charge in [-0.1, -0.05) is 13.3 Å². The molecular formula is C11H16N2O3. The van der Waals surface area contributed by atoms with E-state index in [1.165, 1.54) is 6.07 Å². The van der Waals surface area contributed by atoms with Gasteiger partial charge in [0.1, 0.15) is 5.56 Å². The largest absolute Gasteiger partial charge is 0.495 e. The molecule has 1 aromatic rings. The molecule has 0 spiro atoms. The number of aryl methyl sites for hydroxylation is 1. The van der Waals surface area contributed by atoms with Crippen molar-refractivity contribution in [1.82, 2.24) is 10.3 Å². The van der Waals surface area contributed by atoms with Crippen molar-refractivity contribution in [1.29, 1.82) is 0 Å². The standard InChI is InChI=1S/C11H16N2O3/c1-3-4-5-12-10(15)9-7(2)6-8(14)13-11(9)16/h6H,3-5H2,1-2H3,(H,12,15)(H2,13,14,16). The Kier molecular flexibility index (Phi) is 4.10. The highest BCUT2D eigenvalue weighted by atomic mass is 16.3. The van der Waals surface area contributed by atoms with Gasteiger partial charge < -0.3 is 10.4 Å². The van der Waals surface area contributed by atoms with Crippen LogP contribution < -0.4 is 10.9 Å². The zero-order chi connectivity index (χ0) is 12.1. The molecule has 0 bridgehead atoms. The van der Waals surface area contributed by atoms with Crippen LogP contribution in [0.15, 0.2) is 10.9 Å². The van der Waals surface area contributed by atoms with E-state index in [9.17, 15) is 9.59 Å². The van der Waals surface area contributed by atoms with Crippen LogP contribution in [0.1, 0.15) is 35.7 Å². The Labute approximate surface area is 93.5 Å². The number of pyridine rings is 1. The van der Waals surface area contributed by atoms with Crippen molar-refractivity contribution in [2.75, 3.05) is 6.54 Å². The number of aromatic nitrogens is 1. The number of hydrogen-bond donors (Lipinski definition) is 3. The molecular weight excluding hydrogens is 208 g/mol. The first-order valence-electron chi connectivity index (χ1n) is 5.27. The topological polar surface area (TPSA) is 82.2 Å². The van der Waals surface area contributed by atoms with Crippen molar-refractivity contribution < 1.29 is 9.90 Å². The Morgan fingerprint density at radius 1 is 1.56 bits per heavy atom. The summed E-state index contributed by atoms with van der Waals surface area (Å²) in [7, 11) is 0. The number of carbonyl (C=O) groups excluding carboxylic acids is 1. The SMILES string of the molecule is CCCCNC(=O)c1c(C)cc(O)[nH]c1=O. The fraction of sp³-hybridized carbons (Fsp3) is 0.455. The molecule has 1 aromatic heterocycles. The molecule has 1 amide bonds. The highest BCUT2D eigenvalue weighted by molar-refractivity contribution is 5.95. The molecule has 3 N–H and O–H groups in total. The maximum atomic E-state index is 11.7. The number of unbranched alkanes of at least 4 members (excludes halogenated alkanes) is 1. The second kappa shape index (κ2) is 5.34. The van der Waals surface area contributed by atoms with E-state index >= 15 is 0 Å². The Morgan fingerprint density at radius 3 is 2.81 bits per heavy atom.